The van der Waals surface area contributed by atoms with Crippen LogP contribution in [0.1, 0.15) is 37.5 Å². The minimum atomic E-state index is -0.298. The molecule has 2 aromatic heterocycles. The van der Waals surface area contributed by atoms with Crippen molar-refractivity contribution in [1.82, 2.24) is 30.3 Å². The van der Waals surface area contributed by atoms with Crippen LogP contribution in [0, 0.1) is 5.82 Å². The van der Waals surface area contributed by atoms with Crippen LogP contribution in [0.5, 0.6) is 0 Å². The molecular weight excluding hydrogens is 331 g/mol. The number of tetrazole rings is 1. The highest BCUT2D eigenvalue weighted by Gasteiger charge is 2.22. The number of thioether (sulfide) groups is 1. The topological polar surface area (TPSA) is 82.5 Å². The smallest absolute Gasteiger partial charge is 0.257 e. The van der Waals surface area contributed by atoms with E-state index in [1.165, 1.54) is 36.7 Å². The van der Waals surface area contributed by atoms with Crippen molar-refractivity contribution >= 4 is 11.8 Å². The van der Waals surface area contributed by atoms with Crippen LogP contribution in [0.15, 0.2) is 33.9 Å². The molecule has 0 spiro atoms. The molecule has 1 aliphatic rings. The van der Waals surface area contributed by atoms with E-state index in [2.05, 4.69) is 25.7 Å². The maximum atomic E-state index is 13.0. The lowest BCUT2D eigenvalue weighted by Gasteiger charge is -2.09. The molecule has 0 radical (unpaired) electrons. The molecule has 24 heavy (non-hydrogen) atoms. The summed E-state index contributed by atoms with van der Waals surface area (Å²) < 4.78 is 20.1. The van der Waals surface area contributed by atoms with Gasteiger partial charge in [0.25, 0.3) is 5.89 Å². The molecule has 3 aromatic rings. The lowest BCUT2D eigenvalue weighted by atomic mass is 10.2. The van der Waals surface area contributed by atoms with Crippen molar-refractivity contribution in [1.29, 1.82) is 0 Å². The monoisotopic (exact) mass is 346 g/mol. The maximum Gasteiger partial charge on any atom is 0.257 e. The highest BCUT2D eigenvalue weighted by atomic mass is 32.2. The number of benzene rings is 1. The van der Waals surface area contributed by atoms with Gasteiger partial charge in [0.2, 0.25) is 5.16 Å². The van der Waals surface area contributed by atoms with Gasteiger partial charge in [0, 0.05) is 5.56 Å². The molecule has 0 amide bonds. The second-order valence-electron chi connectivity index (χ2n) is 5.66. The van der Waals surface area contributed by atoms with Gasteiger partial charge in [-0.15, -0.1) is 5.10 Å². The number of hydrogen-bond donors (Lipinski definition) is 0. The van der Waals surface area contributed by atoms with Gasteiger partial charge in [-0.2, -0.15) is 4.98 Å². The van der Waals surface area contributed by atoms with E-state index in [9.17, 15) is 4.39 Å². The summed E-state index contributed by atoms with van der Waals surface area (Å²) in [5.74, 6) is 1.15. The number of rotatable bonds is 5. The predicted molar refractivity (Wildman–Crippen MR) is 84.6 cm³/mol. The molecule has 0 atom stereocenters. The van der Waals surface area contributed by atoms with Gasteiger partial charge >= 0.3 is 0 Å². The number of nitrogens with zero attached hydrogens (tertiary/aromatic N) is 6. The van der Waals surface area contributed by atoms with E-state index in [0.717, 1.165) is 18.0 Å². The number of halogens is 1. The van der Waals surface area contributed by atoms with E-state index in [1.54, 1.807) is 12.1 Å². The third-order valence-electron chi connectivity index (χ3n) is 4.02. The first-order valence-electron chi connectivity index (χ1n) is 7.79. The second-order valence-corrected chi connectivity index (χ2v) is 6.60. The van der Waals surface area contributed by atoms with Gasteiger partial charge in [-0.3, -0.25) is 0 Å². The van der Waals surface area contributed by atoms with Crippen LogP contribution in [0.2, 0.25) is 0 Å². The molecule has 124 valence electrons. The molecular formula is C15H15FN6OS. The van der Waals surface area contributed by atoms with E-state index < -0.39 is 0 Å². The Balaban J connectivity index is 1.44. The zero-order valence-corrected chi connectivity index (χ0v) is 13.6. The second kappa shape index (κ2) is 6.68. The van der Waals surface area contributed by atoms with Crippen LogP contribution in [0.25, 0.3) is 11.5 Å². The van der Waals surface area contributed by atoms with Crippen LogP contribution in [-0.4, -0.2) is 30.3 Å². The van der Waals surface area contributed by atoms with E-state index in [0.29, 0.717) is 29.1 Å². The van der Waals surface area contributed by atoms with Crippen molar-refractivity contribution < 1.29 is 8.91 Å². The molecule has 4 rings (SSSR count). The number of hydrogen-bond acceptors (Lipinski definition) is 7. The van der Waals surface area contributed by atoms with E-state index in [1.807, 2.05) is 4.68 Å². The van der Waals surface area contributed by atoms with Gasteiger partial charge in [0.1, 0.15) is 5.82 Å². The van der Waals surface area contributed by atoms with Crippen molar-refractivity contribution in [3.63, 3.8) is 0 Å². The van der Waals surface area contributed by atoms with Gasteiger partial charge in [-0.25, -0.2) is 9.07 Å². The third-order valence-corrected chi connectivity index (χ3v) is 4.95. The first kappa shape index (κ1) is 15.3. The van der Waals surface area contributed by atoms with Crippen LogP contribution in [-0.2, 0) is 5.75 Å². The largest absolute Gasteiger partial charge is 0.334 e. The minimum absolute atomic E-state index is 0.298. The normalized spacial score (nSPS) is 15.2. The van der Waals surface area contributed by atoms with Gasteiger partial charge in [-0.05, 0) is 47.5 Å². The Morgan fingerprint density at radius 1 is 1.21 bits per heavy atom. The summed E-state index contributed by atoms with van der Waals surface area (Å²) in [6, 6.07) is 6.34. The Morgan fingerprint density at radius 2 is 2.00 bits per heavy atom. The van der Waals surface area contributed by atoms with Crippen LogP contribution in [0.3, 0.4) is 0 Å². The standard InChI is InChI=1S/C15H15FN6OS/c16-11-7-5-10(6-8-11)14-17-13(19-23-14)9-24-15-18-20-21-22(15)12-3-1-2-4-12/h5-8,12H,1-4,9H2. The molecule has 0 aliphatic heterocycles. The summed E-state index contributed by atoms with van der Waals surface area (Å²) in [5, 5.41) is 16.7. The summed E-state index contributed by atoms with van der Waals surface area (Å²) in [7, 11) is 0. The molecule has 7 nitrogen and oxygen atoms in total. The molecule has 0 unspecified atom stereocenters. The van der Waals surface area contributed by atoms with E-state index in [4.69, 9.17) is 4.52 Å². The van der Waals surface area contributed by atoms with Crippen molar-refractivity contribution in [2.45, 2.75) is 42.6 Å². The van der Waals surface area contributed by atoms with Crippen LogP contribution < -0.4 is 0 Å². The Bertz CT molecular complexity index is 811. The Kier molecular flexibility index (Phi) is 4.24. The zero-order chi connectivity index (χ0) is 16.4. The van der Waals surface area contributed by atoms with Crippen LogP contribution in [0.4, 0.5) is 4.39 Å². The van der Waals surface area contributed by atoms with E-state index >= 15 is 0 Å². The molecule has 1 aliphatic carbocycles. The van der Waals surface area contributed by atoms with Gasteiger partial charge in [-0.1, -0.05) is 29.8 Å². The third kappa shape index (κ3) is 3.16. The SMILES string of the molecule is Fc1ccc(-c2nc(CSc3nnnn3C3CCCC3)no2)cc1. The molecule has 1 fully saturated rings. The molecule has 0 bridgehead atoms. The average Bonchev–Trinajstić information content (AvgIpc) is 3.34. The van der Waals surface area contributed by atoms with Gasteiger partial charge < -0.3 is 4.52 Å². The van der Waals surface area contributed by atoms with Gasteiger partial charge in [0.15, 0.2) is 5.82 Å². The van der Waals surface area contributed by atoms with Crippen LogP contribution >= 0.6 is 11.8 Å². The molecule has 0 N–H and O–H groups in total. The first-order valence-corrected chi connectivity index (χ1v) is 8.77. The van der Waals surface area contributed by atoms with Crippen molar-refractivity contribution in [2.24, 2.45) is 0 Å². The lowest BCUT2D eigenvalue weighted by Crippen LogP contribution is -2.08. The summed E-state index contributed by atoms with van der Waals surface area (Å²) in [6.45, 7) is 0. The summed E-state index contributed by atoms with van der Waals surface area (Å²) >= 11 is 1.49. The molecule has 1 saturated carbocycles. The van der Waals surface area contributed by atoms with Gasteiger partial charge in [0.05, 0.1) is 11.8 Å². The Hall–Kier alpha value is -2.29. The van der Waals surface area contributed by atoms with Crippen molar-refractivity contribution in [2.75, 3.05) is 0 Å². The minimum Gasteiger partial charge on any atom is -0.334 e. The highest BCUT2D eigenvalue weighted by Crippen LogP contribution is 2.32. The summed E-state index contributed by atoms with van der Waals surface area (Å²) in [6.07, 6.45) is 4.69. The fourth-order valence-electron chi connectivity index (χ4n) is 2.81. The molecule has 1 aromatic carbocycles. The quantitative estimate of drug-likeness (QED) is 0.656. The predicted octanol–water partition coefficient (Wildman–Crippen LogP) is 3.27. The maximum absolute atomic E-state index is 13.0. The zero-order valence-electron chi connectivity index (χ0n) is 12.8. The first-order chi connectivity index (χ1) is 11.8. The average molecular weight is 346 g/mol. The summed E-state index contributed by atoms with van der Waals surface area (Å²) in [5.41, 5.74) is 0.691. The molecule has 2 heterocycles. The summed E-state index contributed by atoms with van der Waals surface area (Å²) in [4.78, 5) is 4.34. The fourth-order valence-corrected chi connectivity index (χ4v) is 3.60. The van der Waals surface area contributed by atoms with Crippen molar-refractivity contribution in [3.05, 3.63) is 35.9 Å². The Morgan fingerprint density at radius 3 is 2.79 bits per heavy atom. The number of aromatic nitrogens is 6. The molecule has 0 saturated heterocycles. The fraction of sp³-hybridized carbons (Fsp3) is 0.400. The molecule has 9 heteroatoms. The highest BCUT2D eigenvalue weighted by molar-refractivity contribution is 7.98. The van der Waals surface area contributed by atoms with Crippen molar-refractivity contribution in [3.8, 4) is 11.5 Å². The lowest BCUT2D eigenvalue weighted by molar-refractivity contribution is 0.421. The Labute approximate surface area is 141 Å². The van der Waals surface area contributed by atoms with E-state index in [-0.39, 0.29) is 5.82 Å².